The molecule has 42 heavy (non-hydrogen) atoms. The highest BCUT2D eigenvalue weighted by molar-refractivity contribution is 8.26. The van der Waals surface area contributed by atoms with Crippen molar-refractivity contribution in [3.63, 3.8) is 0 Å². The smallest absolute Gasteiger partial charge is 0.416 e. The number of nitrogens with one attached hydrogen (secondary N) is 1. The van der Waals surface area contributed by atoms with Crippen LogP contribution in [0.1, 0.15) is 33.6 Å². The van der Waals surface area contributed by atoms with Gasteiger partial charge in [-0.05, 0) is 60.7 Å². The van der Waals surface area contributed by atoms with Gasteiger partial charge in [0.25, 0.3) is 5.91 Å². The molecule has 0 unspecified atom stereocenters. The number of carboxylic acid groups (broad SMARTS) is 1. The lowest BCUT2D eigenvalue weighted by Crippen LogP contribution is -2.31. The number of pyridine rings is 1. The Balaban J connectivity index is 1.48. The van der Waals surface area contributed by atoms with Crippen molar-refractivity contribution in [2.75, 3.05) is 11.9 Å². The molecule has 0 aliphatic carbocycles. The fourth-order valence-electron chi connectivity index (χ4n) is 3.76. The number of thiocarbonyl (C=S) groups is 1. The van der Waals surface area contributed by atoms with Crippen LogP contribution in [0.4, 0.5) is 32.0 Å². The number of nitrogens with zero attached hydrogens (tertiary/aromatic N) is 2. The average molecular weight is 626 g/mol. The number of rotatable bonds is 7. The van der Waals surface area contributed by atoms with Gasteiger partial charge in [0.05, 0.1) is 33.0 Å². The summed E-state index contributed by atoms with van der Waals surface area (Å²) in [7, 11) is 0. The van der Waals surface area contributed by atoms with Crippen LogP contribution in [0.2, 0.25) is 0 Å². The molecular formula is C27H17F6N3O4S2. The van der Waals surface area contributed by atoms with Crippen molar-refractivity contribution in [3.05, 3.63) is 88.0 Å². The number of thioether (sulfide) groups is 1. The largest absolute Gasteiger partial charge is 0.478 e. The summed E-state index contributed by atoms with van der Waals surface area (Å²) >= 11 is 6.13. The summed E-state index contributed by atoms with van der Waals surface area (Å²) in [6.45, 7) is -0.0844. The lowest BCUT2D eigenvalue weighted by molar-refractivity contribution is -0.143. The van der Waals surface area contributed by atoms with Gasteiger partial charge in [-0.25, -0.2) is 9.78 Å². The molecule has 0 radical (unpaired) electrons. The van der Waals surface area contributed by atoms with E-state index in [4.69, 9.17) is 17.3 Å². The Morgan fingerprint density at radius 1 is 0.976 bits per heavy atom. The van der Waals surface area contributed by atoms with Gasteiger partial charge in [0.15, 0.2) is 0 Å². The molecule has 1 saturated heterocycles. The molecule has 15 heteroatoms. The molecule has 0 spiro atoms. The molecule has 7 nitrogen and oxygen atoms in total. The summed E-state index contributed by atoms with van der Waals surface area (Å²) in [4.78, 5) is 41.6. The van der Waals surface area contributed by atoms with E-state index in [1.54, 1.807) is 0 Å². The summed E-state index contributed by atoms with van der Waals surface area (Å²) in [5, 5.41) is 11.5. The number of carboxylic acids is 1. The quantitative estimate of drug-likeness (QED) is 0.171. The zero-order valence-corrected chi connectivity index (χ0v) is 22.5. The minimum atomic E-state index is -5.02. The van der Waals surface area contributed by atoms with Crippen LogP contribution in [0.25, 0.3) is 17.3 Å². The number of carbonyl (C=O) groups excluding carboxylic acids is 2. The van der Waals surface area contributed by atoms with Gasteiger partial charge in [0, 0.05) is 24.2 Å². The third-order valence-electron chi connectivity index (χ3n) is 5.78. The molecule has 1 aliphatic heterocycles. The fourth-order valence-corrected chi connectivity index (χ4v) is 5.05. The molecule has 0 bridgehead atoms. The molecule has 4 rings (SSSR count). The van der Waals surface area contributed by atoms with Gasteiger partial charge in [0.2, 0.25) is 5.91 Å². The number of carbonyl (C=O) groups is 3. The Morgan fingerprint density at radius 2 is 1.60 bits per heavy atom. The predicted molar refractivity (Wildman–Crippen MR) is 146 cm³/mol. The summed E-state index contributed by atoms with van der Waals surface area (Å²) in [5.74, 6) is -2.15. The third kappa shape index (κ3) is 7.33. The fraction of sp³-hybridized carbons (Fsp3) is 0.148. The summed E-state index contributed by atoms with van der Waals surface area (Å²) in [5.41, 5.74) is -3.08. The molecule has 2 amide bonds. The van der Waals surface area contributed by atoms with Crippen LogP contribution >= 0.6 is 24.0 Å². The SMILES string of the molecule is O=C(CCN1C(=O)C(=Cc2cccc(-c3cc(C(F)(F)F)cc(C(F)(F)F)c3)n2)SC1=S)Nc1ccc(C(=O)O)cc1. The Morgan fingerprint density at radius 3 is 2.17 bits per heavy atom. The monoisotopic (exact) mass is 625 g/mol. The van der Waals surface area contributed by atoms with Crippen molar-refractivity contribution in [1.82, 2.24) is 9.88 Å². The highest BCUT2D eigenvalue weighted by atomic mass is 32.2. The van der Waals surface area contributed by atoms with E-state index in [2.05, 4.69) is 10.3 Å². The maximum atomic E-state index is 13.3. The van der Waals surface area contributed by atoms with Crippen LogP contribution in [0.5, 0.6) is 0 Å². The van der Waals surface area contributed by atoms with E-state index in [1.165, 1.54) is 53.4 Å². The zero-order valence-electron chi connectivity index (χ0n) is 20.9. The van der Waals surface area contributed by atoms with Crippen molar-refractivity contribution in [2.45, 2.75) is 18.8 Å². The molecule has 3 aromatic rings. The molecular weight excluding hydrogens is 608 g/mol. The number of benzene rings is 2. The Labute approximate surface area is 243 Å². The molecule has 218 valence electrons. The topological polar surface area (TPSA) is 99.6 Å². The number of aromatic nitrogens is 1. The van der Waals surface area contributed by atoms with Gasteiger partial charge in [-0.3, -0.25) is 14.5 Å². The van der Waals surface area contributed by atoms with E-state index < -0.39 is 46.8 Å². The number of alkyl halides is 6. The highest BCUT2D eigenvalue weighted by Gasteiger charge is 2.37. The lowest BCUT2D eigenvalue weighted by Gasteiger charge is -2.14. The number of amides is 2. The summed E-state index contributed by atoms with van der Waals surface area (Å²) in [6.07, 6.45) is -8.90. The van der Waals surface area contributed by atoms with E-state index in [9.17, 15) is 40.7 Å². The summed E-state index contributed by atoms with van der Waals surface area (Å²) in [6, 6.07) is 10.6. The van der Waals surface area contributed by atoms with Crippen LogP contribution in [0.3, 0.4) is 0 Å². The second-order valence-corrected chi connectivity index (χ2v) is 10.4. The Kier molecular flexibility index (Phi) is 8.73. The maximum Gasteiger partial charge on any atom is 0.416 e. The Hall–Kier alpha value is -4.24. The predicted octanol–water partition coefficient (Wildman–Crippen LogP) is 6.71. The molecule has 1 fully saturated rings. The number of hydrogen-bond donors (Lipinski definition) is 2. The molecule has 0 saturated carbocycles. The van der Waals surface area contributed by atoms with Gasteiger partial charge in [-0.15, -0.1) is 0 Å². The number of anilines is 1. The first-order valence-corrected chi connectivity index (χ1v) is 13.0. The minimum absolute atomic E-state index is 0.0218. The van der Waals surface area contributed by atoms with Crippen molar-refractivity contribution >= 4 is 57.8 Å². The second-order valence-electron chi connectivity index (χ2n) is 8.76. The minimum Gasteiger partial charge on any atom is -0.478 e. The first-order valence-electron chi connectivity index (χ1n) is 11.8. The second kappa shape index (κ2) is 11.9. The first-order chi connectivity index (χ1) is 19.6. The molecule has 1 aliphatic rings. The normalized spacial score (nSPS) is 14.9. The van der Waals surface area contributed by atoms with E-state index in [0.29, 0.717) is 17.8 Å². The van der Waals surface area contributed by atoms with Gasteiger partial charge in [-0.2, -0.15) is 26.3 Å². The van der Waals surface area contributed by atoms with Crippen molar-refractivity contribution < 1.29 is 45.8 Å². The van der Waals surface area contributed by atoms with Crippen molar-refractivity contribution in [1.29, 1.82) is 0 Å². The lowest BCUT2D eigenvalue weighted by atomic mass is 10.0. The van der Waals surface area contributed by atoms with Crippen LogP contribution in [0.15, 0.2) is 65.6 Å². The Bertz CT molecular complexity index is 1570. The standard InChI is InChI=1S/C27H17F6N3O4S2/c28-26(29,30)16-10-15(11-17(12-16)27(31,32)33)20-3-1-2-19(34-20)13-21-23(38)36(25(41)42-21)9-8-22(37)35-18-6-4-14(5-7-18)24(39)40/h1-7,10-13H,8-9H2,(H,35,37)(H,39,40). The molecule has 2 heterocycles. The highest BCUT2D eigenvalue weighted by Crippen LogP contribution is 2.38. The number of halogens is 6. The van der Waals surface area contributed by atoms with Crippen LogP contribution in [-0.2, 0) is 21.9 Å². The van der Waals surface area contributed by atoms with Gasteiger partial charge in [-0.1, -0.05) is 30.0 Å². The third-order valence-corrected chi connectivity index (χ3v) is 7.16. The van der Waals surface area contributed by atoms with E-state index >= 15 is 0 Å². The van der Waals surface area contributed by atoms with Crippen LogP contribution in [0, 0.1) is 0 Å². The van der Waals surface area contributed by atoms with E-state index in [0.717, 1.165) is 11.8 Å². The molecule has 2 N–H and O–H groups in total. The molecule has 2 aromatic carbocycles. The number of hydrogen-bond acceptors (Lipinski definition) is 6. The number of aromatic carboxylic acids is 1. The van der Waals surface area contributed by atoms with Crippen LogP contribution in [-0.4, -0.2) is 43.6 Å². The summed E-state index contributed by atoms with van der Waals surface area (Å²) < 4.78 is 79.8. The first kappa shape index (κ1) is 30.7. The van der Waals surface area contributed by atoms with Gasteiger partial charge < -0.3 is 10.4 Å². The average Bonchev–Trinajstić information content (AvgIpc) is 3.18. The maximum absolute atomic E-state index is 13.3. The molecule has 1 aromatic heterocycles. The van der Waals surface area contributed by atoms with E-state index in [1.807, 2.05) is 0 Å². The van der Waals surface area contributed by atoms with Crippen molar-refractivity contribution in [3.8, 4) is 11.3 Å². The molecule has 0 atom stereocenters. The van der Waals surface area contributed by atoms with Gasteiger partial charge >= 0.3 is 18.3 Å². The van der Waals surface area contributed by atoms with Crippen molar-refractivity contribution in [2.24, 2.45) is 0 Å². The van der Waals surface area contributed by atoms with E-state index in [-0.39, 0.29) is 45.2 Å². The zero-order chi connectivity index (χ0) is 30.8. The van der Waals surface area contributed by atoms with Gasteiger partial charge in [0.1, 0.15) is 4.32 Å². The van der Waals surface area contributed by atoms with Crippen LogP contribution < -0.4 is 5.32 Å².